The number of nitrogens with zero attached hydrogens (tertiary/aromatic N) is 1. The van der Waals surface area contributed by atoms with Crippen LogP contribution in [0.3, 0.4) is 0 Å². The van der Waals surface area contributed by atoms with Crippen molar-refractivity contribution in [1.29, 1.82) is 0 Å². The Morgan fingerprint density at radius 3 is 2.94 bits per heavy atom. The zero-order valence-corrected chi connectivity index (χ0v) is 10.6. The van der Waals surface area contributed by atoms with Crippen LogP contribution in [0.2, 0.25) is 0 Å². The molecule has 3 nitrogen and oxygen atoms in total. The molecule has 1 aromatic rings. The van der Waals surface area contributed by atoms with Crippen LogP contribution in [0.5, 0.6) is 0 Å². The minimum Gasteiger partial charge on any atom is -0.381 e. The van der Waals surface area contributed by atoms with Crippen molar-refractivity contribution >= 4 is 0 Å². The van der Waals surface area contributed by atoms with Crippen molar-refractivity contribution in [3.63, 3.8) is 0 Å². The van der Waals surface area contributed by atoms with Crippen molar-refractivity contribution in [2.24, 2.45) is 5.41 Å². The average molecular weight is 234 g/mol. The first-order valence-corrected chi connectivity index (χ1v) is 6.46. The molecule has 1 aromatic heterocycles. The number of rotatable bonds is 5. The molecule has 2 rings (SSSR count). The number of aromatic nitrogens is 1. The molecule has 0 radical (unpaired) electrons. The number of hydrogen-bond donors (Lipinski definition) is 1. The summed E-state index contributed by atoms with van der Waals surface area (Å²) in [6.07, 6.45) is 7.16. The van der Waals surface area contributed by atoms with Crippen LogP contribution >= 0.6 is 0 Å². The maximum Gasteiger partial charge on any atom is 0.0471 e. The molecule has 0 unspecified atom stereocenters. The summed E-state index contributed by atoms with van der Waals surface area (Å²) in [4.78, 5) is 4.12. The van der Waals surface area contributed by atoms with Gasteiger partial charge < -0.3 is 10.1 Å². The lowest BCUT2D eigenvalue weighted by Crippen LogP contribution is -2.37. The fraction of sp³-hybridized carbons (Fsp3) is 0.643. The Kier molecular flexibility index (Phi) is 4.51. The summed E-state index contributed by atoms with van der Waals surface area (Å²) in [5, 5.41) is 3.56. The second-order valence-electron chi connectivity index (χ2n) is 5.21. The van der Waals surface area contributed by atoms with Gasteiger partial charge in [-0.1, -0.05) is 13.0 Å². The first-order chi connectivity index (χ1) is 8.29. The molecule has 1 N–H and O–H groups in total. The van der Waals surface area contributed by atoms with Gasteiger partial charge in [-0.2, -0.15) is 0 Å². The van der Waals surface area contributed by atoms with E-state index >= 15 is 0 Å². The van der Waals surface area contributed by atoms with Gasteiger partial charge in [-0.05, 0) is 42.9 Å². The van der Waals surface area contributed by atoms with E-state index in [1.807, 2.05) is 18.5 Å². The highest BCUT2D eigenvalue weighted by Gasteiger charge is 2.26. The summed E-state index contributed by atoms with van der Waals surface area (Å²) in [7, 11) is 0. The van der Waals surface area contributed by atoms with E-state index in [1.54, 1.807) is 0 Å². The lowest BCUT2D eigenvalue weighted by Gasteiger charge is -2.33. The van der Waals surface area contributed by atoms with E-state index in [2.05, 4.69) is 23.3 Å². The van der Waals surface area contributed by atoms with E-state index in [4.69, 9.17) is 4.74 Å². The van der Waals surface area contributed by atoms with Gasteiger partial charge in [0.2, 0.25) is 0 Å². The van der Waals surface area contributed by atoms with Gasteiger partial charge in [0.1, 0.15) is 0 Å². The van der Waals surface area contributed by atoms with Crippen LogP contribution in [0.4, 0.5) is 0 Å². The van der Waals surface area contributed by atoms with E-state index < -0.39 is 0 Å². The summed E-state index contributed by atoms with van der Waals surface area (Å²) in [6, 6.07) is 4.12. The monoisotopic (exact) mass is 234 g/mol. The van der Waals surface area contributed by atoms with Crippen LogP contribution in [0.15, 0.2) is 24.5 Å². The molecule has 1 fully saturated rings. The van der Waals surface area contributed by atoms with Gasteiger partial charge in [0.15, 0.2) is 0 Å². The van der Waals surface area contributed by atoms with E-state index in [-0.39, 0.29) is 0 Å². The van der Waals surface area contributed by atoms with E-state index in [0.717, 1.165) is 32.7 Å². The lowest BCUT2D eigenvalue weighted by molar-refractivity contribution is 0.0242. The molecule has 3 heteroatoms. The number of hydrogen-bond acceptors (Lipinski definition) is 3. The van der Waals surface area contributed by atoms with Gasteiger partial charge in [0.05, 0.1) is 0 Å². The van der Waals surface area contributed by atoms with Crippen LogP contribution in [0, 0.1) is 5.41 Å². The van der Waals surface area contributed by atoms with Crippen LogP contribution in [0.25, 0.3) is 0 Å². The van der Waals surface area contributed by atoms with Crippen molar-refractivity contribution < 1.29 is 4.74 Å². The number of pyridine rings is 1. The zero-order valence-electron chi connectivity index (χ0n) is 10.6. The smallest absolute Gasteiger partial charge is 0.0471 e. The highest BCUT2D eigenvalue weighted by molar-refractivity contribution is 5.08. The highest BCUT2D eigenvalue weighted by Crippen LogP contribution is 2.28. The van der Waals surface area contributed by atoms with Crippen molar-refractivity contribution in [2.45, 2.75) is 26.2 Å². The van der Waals surface area contributed by atoms with Gasteiger partial charge in [-0.15, -0.1) is 0 Å². The number of ether oxygens (including phenoxy) is 1. The fourth-order valence-electron chi connectivity index (χ4n) is 2.21. The molecule has 0 amide bonds. The topological polar surface area (TPSA) is 34.2 Å². The summed E-state index contributed by atoms with van der Waals surface area (Å²) in [5.41, 5.74) is 1.73. The van der Waals surface area contributed by atoms with E-state index in [9.17, 15) is 0 Å². The second kappa shape index (κ2) is 6.12. The van der Waals surface area contributed by atoms with Crippen molar-refractivity contribution in [1.82, 2.24) is 10.3 Å². The van der Waals surface area contributed by atoms with Crippen LogP contribution in [-0.4, -0.2) is 31.3 Å². The Morgan fingerprint density at radius 2 is 2.24 bits per heavy atom. The summed E-state index contributed by atoms with van der Waals surface area (Å²) in [5.74, 6) is 0. The Balaban J connectivity index is 1.66. The van der Waals surface area contributed by atoms with Crippen molar-refractivity contribution in [3.8, 4) is 0 Å². The SMILES string of the molecule is CC1(CNCCc2cccnc2)CCOCC1. The quantitative estimate of drug-likeness (QED) is 0.792. The van der Waals surface area contributed by atoms with Gasteiger partial charge in [0, 0.05) is 32.2 Å². The molecule has 17 heavy (non-hydrogen) atoms. The molecule has 0 spiro atoms. The lowest BCUT2D eigenvalue weighted by atomic mass is 9.82. The molecule has 2 heterocycles. The van der Waals surface area contributed by atoms with Crippen LogP contribution in [0.1, 0.15) is 25.3 Å². The normalized spacial score (nSPS) is 19.1. The average Bonchev–Trinajstić information content (AvgIpc) is 2.37. The zero-order chi connectivity index (χ0) is 12.0. The highest BCUT2D eigenvalue weighted by atomic mass is 16.5. The molecule has 0 atom stereocenters. The van der Waals surface area contributed by atoms with Gasteiger partial charge >= 0.3 is 0 Å². The van der Waals surface area contributed by atoms with Gasteiger partial charge in [-0.25, -0.2) is 0 Å². The van der Waals surface area contributed by atoms with Crippen LogP contribution < -0.4 is 5.32 Å². The van der Waals surface area contributed by atoms with Crippen molar-refractivity contribution in [3.05, 3.63) is 30.1 Å². The number of nitrogens with one attached hydrogen (secondary N) is 1. The Bertz CT molecular complexity index is 320. The van der Waals surface area contributed by atoms with E-state index in [1.165, 1.54) is 18.4 Å². The fourth-order valence-corrected chi connectivity index (χ4v) is 2.21. The van der Waals surface area contributed by atoms with Gasteiger partial charge in [0.25, 0.3) is 0 Å². The minimum absolute atomic E-state index is 0.424. The molecule has 0 saturated carbocycles. The summed E-state index contributed by atoms with van der Waals surface area (Å²) in [6.45, 7) is 6.31. The Hall–Kier alpha value is -0.930. The predicted octanol–water partition coefficient (Wildman–Crippen LogP) is 2.03. The molecule has 1 aliphatic rings. The van der Waals surface area contributed by atoms with Gasteiger partial charge in [-0.3, -0.25) is 4.98 Å². The third-order valence-corrected chi connectivity index (χ3v) is 3.56. The molecule has 1 aliphatic heterocycles. The standard InChI is InChI=1S/C14H22N2O/c1-14(5-9-17-10-6-14)12-16-8-4-13-3-2-7-15-11-13/h2-3,7,11,16H,4-6,8-10,12H2,1H3. The minimum atomic E-state index is 0.424. The molecular weight excluding hydrogens is 212 g/mol. The first-order valence-electron chi connectivity index (χ1n) is 6.46. The van der Waals surface area contributed by atoms with E-state index in [0.29, 0.717) is 5.41 Å². The molecule has 0 aromatic carbocycles. The second-order valence-corrected chi connectivity index (χ2v) is 5.21. The van der Waals surface area contributed by atoms with Crippen molar-refractivity contribution in [2.75, 3.05) is 26.3 Å². The Morgan fingerprint density at radius 1 is 1.41 bits per heavy atom. The predicted molar refractivity (Wildman–Crippen MR) is 69.0 cm³/mol. The molecule has 1 saturated heterocycles. The maximum atomic E-state index is 5.40. The molecule has 0 aliphatic carbocycles. The van der Waals surface area contributed by atoms with Crippen LogP contribution in [-0.2, 0) is 11.2 Å². The largest absolute Gasteiger partial charge is 0.381 e. The summed E-state index contributed by atoms with van der Waals surface area (Å²) < 4.78 is 5.40. The molecule has 94 valence electrons. The summed E-state index contributed by atoms with van der Waals surface area (Å²) >= 11 is 0. The molecule has 0 bridgehead atoms. The first kappa shape index (κ1) is 12.5. The molecular formula is C14H22N2O. The third-order valence-electron chi connectivity index (χ3n) is 3.56. The maximum absolute atomic E-state index is 5.40. The third kappa shape index (κ3) is 4.10. The Labute approximate surface area is 104 Å².